The molecule has 2 N–H and O–H groups in total. The summed E-state index contributed by atoms with van der Waals surface area (Å²) in [5.41, 5.74) is 1.22. The first-order valence-corrected chi connectivity index (χ1v) is 5.36. The van der Waals surface area contributed by atoms with Gasteiger partial charge in [-0.2, -0.15) is 0 Å². The van der Waals surface area contributed by atoms with Crippen molar-refractivity contribution in [3.05, 3.63) is 41.8 Å². The summed E-state index contributed by atoms with van der Waals surface area (Å²) in [6.07, 6.45) is 0. The number of nitrogens with one attached hydrogen (secondary N) is 2. The van der Waals surface area contributed by atoms with Crippen LogP contribution in [0.1, 0.15) is 5.69 Å². The van der Waals surface area contributed by atoms with Gasteiger partial charge in [0, 0.05) is 11.8 Å². The largest absolute Gasteiger partial charge is 0.376 e. The molecule has 0 atom stereocenters. The molecule has 0 aliphatic heterocycles. The van der Waals surface area contributed by atoms with E-state index in [-0.39, 0.29) is 18.3 Å². The fourth-order valence-electron chi connectivity index (χ4n) is 1.38. The van der Waals surface area contributed by atoms with E-state index in [1.165, 1.54) is 12.1 Å². The van der Waals surface area contributed by atoms with Crippen molar-refractivity contribution in [1.29, 1.82) is 0 Å². The van der Waals surface area contributed by atoms with Crippen molar-refractivity contribution in [2.24, 2.45) is 0 Å². The van der Waals surface area contributed by atoms with E-state index in [1.807, 2.05) is 0 Å². The van der Waals surface area contributed by atoms with E-state index in [0.717, 1.165) is 0 Å². The van der Waals surface area contributed by atoms with Gasteiger partial charge in [-0.15, -0.1) is 0 Å². The molecule has 2 rings (SSSR count). The number of carbonyl (C=O) groups excluding carboxylic acids is 1. The number of nitrogens with zero attached hydrogens (tertiary/aromatic N) is 1. The first kappa shape index (κ1) is 12.1. The SMILES string of the molecule is Cc1cc(NC(=O)CNc2cccc(F)c2)on1. The smallest absolute Gasteiger partial charge is 0.246 e. The van der Waals surface area contributed by atoms with Crippen LogP contribution < -0.4 is 10.6 Å². The molecule has 5 nitrogen and oxygen atoms in total. The normalized spacial score (nSPS) is 10.1. The number of anilines is 2. The van der Waals surface area contributed by atoms with E-state index >= 15 is 0 Å². The number of aromatic nitrogens is 1. The van der Waals surface area contributed by atoms with Crippen LogP contribution >= 0.6 is 0 Å². The van der Waals surface area contributed by atoms with Gasteiger partial charge in [0.05, 0.1) is 12.2 Å². The van der Waals surface area contributed by atoms with Gasteiger partial charge in [0.15, 0.2) is 0 Å². The lowest BCUT2D eigenvalue weighted by Gasteiger charge is -2.05. The summed E-state index contributed by atoms with van der Waals surface area (Å²) in [5, 5.41) is 8.96. The van der Waals surface area contributed by atoms with Crippen LogP contribution in [0.25, 0.3) is 0 Å². The molecular weight excluding hydrogens is 237 g/mol. The minimum absolute atomic E-state index is 0.0171. The maximum absolute atomic E-state index is 12.9. The molecule has 1 amide bonds. The van der Waals surface area contributed by atoms with Crippen molar-refractivity contribution in [3.8, 4) is 0 Å². The van der Waals surface area contributed by atoms with E-state index in [9.17, 15) is 9.18 Å². The molecule has 0 saturated carbocycles. The summed E-state index contributed by atoms with van der Waals surface area (Å²) in [5.74, 6) is -0.361. The number of hydrogen-bond acceptors (Lipinski definition) is 4. The average molecular weight is 249 g/mol. The number of hydrogen-bond donors (Lipinski definition) is 2. The fourth-order valence-corrected chi connectivity index (χ4v) is 1.38. The lowest BCUT2D eigenvalue weighted by molar-refractivity contribution is -0.114. The lowest BCUT2D eigenvalue weighted by Crippen LogP contribution is -2.21. The Labute approximate surface area is 103 Å². The van der Waals surface area contributed by atoms with Gasteiger partial charge in [-0.25, -0.2) is 4.39 Å². The highest BCUT2D eigenvalue weighted by atomic mass is 19.1. The second-order valence-electron chi connectivity index (χ2n) is 3.74. The number of rotatable bonds is 4. The zero-order valence-corrected chi connectivity index (χ0v) is 9.74. The summed E-state index contributed by atoms with van der Waals surface area (Å²) in [6, 6.07) is 7.50. The molecule has 0 bridgehead atoms. The van der Waals surface area contributed by atoms with Gasteiger partial charge < -0.3 is 9.84 Å². The first-order valence-electron chi connectivity index (χ1n) is 5.36. The molecule has 0 spiro atoms. The van der Waals surface area contributed by atoms with E-state index in [2.05, 4.69) is 15.8 Å². The quantitative estimate of drug-likeness (QED) is 0.871. The predicted molar refractivity (Wildman–Crippen MR) is 64.8 cm³/mol. The van der Waals surface area contributed by atoms with Crippen LogP contribution in [0.5, 0.6) is 0 Å². The second kappa shape index (κ2) is 5.31. The Hall–Kier alpha value is -2.37. The summed E-state index contributed by atoms with van der Waals surface area (Å²) in [4.78, 5) is 11.5. The van der Waals surface area contributed by atoms with Gasteiger partial charge in [0.25, 0.3) is 0 Å². The third-order valence-electron chi connectivity index (χ3n) is 2.17. The van der Waals surface area contributed by atoms with Gasteiger partial charge in [-0.1, -0.05) is 11.2 Å². The number of aryl methyl sites for hydroxylation is 1. The van der Waals surface area contributed by atoms with E-state index in [1.54, 1.807) is 25.1 Å². The maximum Gasteiger partial charge on any atom is 0.246 e. The van der Waals surface area contributed by atoms with Crippen LogP contribution in [0, 0.1) is 12.7 Å². The molecule has 0 aliphatic rings. The Bertz CT molecular complexity index is 554. The Morgan fingerprint density at radius 3 is 2.94 bits per heavy atom. The maximum atomic E-state index is 12.9. The van der Waals surface area contributed by atoms with E-state index in [0.29, 0.717) is 17.3 Å². The molecule has 1 aromatic heterocycles. The van der Waals surface area contributed by atoms with Gasteiger partial charge in [0.2, 0.25) is 11.8 Å². The third kappa shape index (κ3) is 3.31. The molecule has 94 valence electrons. The molecule has 0 aliphatic carbocycles. The van der Waals surface area contributed by atoms with Crippen LogP contribution in [0.3, 0.4) is 0 Å². The van der Waals surface area contributed by atoms with Gasteiger partial charge in [-0.05, 0) is 25.1 Å². The highest BCUT2D eigenvalue weighted by Crippen LogP contribution is 2.10. The highest BCUT2D eigenvalue weighted by Gasteiger charge is 2.06. The summed E-state index contributed by atoms with van der Waals surface area (Å²) >= 11 is 0. The van der Waals surface area contributed by atoms with Crippen LogP contribution in [0.2, 0.25) is 0 Å². The molecule has 1 aromatic carbocycles. The van der Waals surface area contributed by atoms with Gasteiger partial charge in [0.1, 0.15) is 5.82 Å². The van der Waals surface area contributed by atoms with E-state index < -0.39 is 0 Å². The minimum atomic E-state index is -0.355. The minimum Gasteiger partial charge on any atom is -0.376 e. The fraction of sp³-hybridized carbons (Fsp3) is 0.167. The van der Waals surface area contributed by atoms with Crippen molar-refractivity contribution < 1.29 is 13.7 Å². The van der Waals surface area contributed by atoms with Crippen LogP contribution in [0.15, 0.2) is 34.9 Å². The van der Waals surface area contributed by atoms with Gasteiger partial charge in [-0.3, -0.25) is 10.1 Å². The zero-order valence-electron chi connectivity index (χ0n) is 9.74. The molecule has 0 fully saturated rings. The summed E-state index contributed by atoms with van der Waals surface area (Å²) < 4.78 is 17.7. The molecule has 2 aromatic rings. The number of amides is 1. The van der Waals surface area contributed by atoms with Crippen molar-refractivity contribution in [3.63, 3.8) is 0 Å². The molecule has 18 heavy (non-hydrogen) atoms. The Balaban J connectivity index is 1.85. The molecule has 0 radical (unpaired) electrons. The topological polar surface area (TPSA) is 67.2 Å². The van der Waals surface area contributed by atoms with Crippen molar-refractivity contribution in [1.82, 2.24) is 5.16 Å². The molecular formula is C12H12FN3O2. The van der Waals surface area contributed by atoms with Crippen molar-refractivity contribution >= 4 is 17.5 Å². The van der Waals surface area contributed by atoms with Crippen LogP contribution in [-0.2, 0) is 4.79 Å². The second-order valence-corrected chi connectivity index (χ2v) is 3.74. The van der Waals surface area contributed by atoms with Crippen molar-refractivity contribution in [2.75, 3.05) is 17.2 Å². The average Bonchev–Trinajstić information content (AvgIpc) is 2.72. The third-order valence-corrected chi connectivity index (χ3v) is 2.17. The van der Waals surface area contributed by atoms with Crippen LogP contribution in [0.4, 0.5) is 16.0 Å². The monoisotopic (exact) mass is 249 g/mol. The number of benzene rings is 1. The standard InChI is InChI=1S/C12H12FN3O2/c1-8-5-12(18-16-8)15-11(17)7-14-10-4-2-3-9(13)6-10/h2-6,14H,7H2,1H3,(H,15,17). The Morgan fingerprint density at radius 2 is 2.28 bits per heavy atom. The Kier molecular flexibility index (Phi) is 3.57. The molecule has 6 heteroatoms. The predicted octanol–water partition coefficient (Wildman–Crippen LogP) is 2.17. The first-order chi connectivity index (χ1) is 8.63. The number of halogens is 1. The van der Waals surface area contributed by atoms with Crippen LogP contribution in [-0.4, -0.2) is 17.6 Å². The number of carbonyl (C=O) groups is 1. The summed E-state index contributed by atoms with van der Waals surface area (Å²) in [7, 11) is 0. The molecule has 0 unspecified atom stereocenters. The highest BCUT2D eigenvalue weighted by molar-refractivity contribution is 5.92. The zero-order chi connectivity index (χ0) is 13.0. The lowest BCUT2D eigenvalue weighted by atomic mass is 10.3. The molecule has 1 heterocycles. The summed E-state index contributed by atoms with van der Waals surface area (Å²) in [6.45, 7) is 1.77. The van der Waals surface area contributed by atoms with E-state index in [4.69, 9.17) is 4.52 Å². The van der Waals surface area contributed by atoms with Crippen molar-refractivity contribution in [2.45, 2.75) is 6.92 Å². The van der Waals surface area contributed by atoms with Gasteiger partial charge >= 0.3 is 0 Å². The molecule has 0 saturated heterocycles. The Morgan fingerprint density at radius 1 is 1.44 bits per heavy atom.